The number of hydrogen-bond acceptors (Lipinski definition) is 5. The van der Waals surface area contributed by atoms with E-state index in [1.165, 1.54) is 4.90 Å². The molecular formula is C16H21F3N2O5S. The Morgan fingerprint density at radius 3 is 2.44 bits per heavy atom. The van der Waals surface area contributed by atoms with E-state index >= 15 is 0 Å². The summed E-state index contributed by atoms with van der Waals surface area (Å²) < 4.78 is 70.8. The van der Waals surface area contributed by atoms with E-state index in [9.17, 15) is 31.5 Å². The minimum absolute atomic E-state index is 0.0269. The highest BCUT2D eigenvalue weighted by molar-refractivity contribution is 7.89. The lowest BCUT2D eigenvalue weighted by molar-refractivity contribution is -0.137. The fraction of sp³-hybridized carbons (Fsp3) is 0.562. The number of aromatic hydroxyl groups is 1. The number of hydrogen-bond donors (Lipinski definition) is 2. The molecule has 27 heavy (non-hydrogen) atoms. The highest BCUT2D eigenvalue weighted by Crippen LogP contribution is 2.33. The van der Waals surface area contributed by atoms with Crippen LogP contribution in [0.2, 0.25) is 0 Å². The standard InChI is InChI=1S/C16H21F3N2O5S/c1-15(2,3)26-14(23)21-5-4-11(9-21)20-27(24,25)13-7-10(16(17,18)19)6-12(22)8-13/h6-8,11,20,22H,4-5,9H2,1-3H3. The van der Waals surface area contributed by atoms with Crippen molar-refractivity contribution in [2.45, 2.75) is 49.9 Å². The highest BCUT2D eigenvalue weighted by atomic mass is 32.2. The molecule has 1 aromatic rings. The van der Waals surface area contributed by atoms with Gasteiger partial charge in [-0.15, -0.1) is 0 Å². The van der Waals surface area contributed by atoms with Gasteiger partial charge < -0.3 is 14.7 Å². The number of ether oxygens (including phenoxy) is 1. The van der Waals surface area contributed by atoms with Crippen LogP contribution in [0.4, 0.5) is 18.0 Å². The van der Waals surface area contributed by atoms with E-state index in [1.807, 2.05) is 0 Å². The molecule has 11 heteroatoms. The summed E-state index contributed by atoms with van der Waals surface area (Å²) in [5.74, 6) is -0.813. The van der Waals surface area contributed by atoms with Crippen molar-refractivity contribution in [3.8, 4) is 5.75 Å². The minimum atomic E-state index is -4.80. The molecule has 0 radical (unpaired) electrons. The zero-order chi connectivity index (χ0) is 20.6. The van der Waals surface area contributed by atoms with Crippen LogP contribution in [0.3, 0.4) is 0 Å². The van der Waals surface area contributed by atoms with Gasteiger partial charge in [-0.05, 0) is 45.4 Å². The highest BCUT2D eigenvalue weighted by Gasteiger charge is 2.35. The number of phenols is 1. The molecule has 1 aliphatic heterocycles. The van der Waals surface area contributed by atoms with Gasteiger partial charge in [0.05, 0.1) is 10.5 Å². The maximum atomic E-state index is 12.8. The van der Waals surface area contributed by atoms with E-state index in [0.717, 1.165) is 6.07 Å². The van der Waals surface area contributed by atoms with E-state index in [2.05, 4.69) is 4.72 Å². The Labute approximate surface area is 155 Å². The molecular weight excluding hydrogens is 389 g/mol. The Kier molecular flexibility index (Phi) is 5.67. The van der Waals surface area contributed by atoms with Crippen LogP contribution in [-0.2, 0) is 20.9 Å². The van der Waals surface area contributed by atoms with Crippen LogP contribution in [0.1, 0.15) is 32.8 Å². The topological polar surface area (TPSA) is 95.9 Å². The number of halogens is 3. The van der Waals surface area contributed by atoms with E-state index in [1.54, 1.807) is 20.8 Å². The molecule has 1 unspecified atom stereocenters. The predicted molar refractivity (Wildman–Crippen MR) is 89.6 cm³/mol. The Morgan fingerprint density at radius 1 is 1.26 bits per heavy atom. The SMILES string of the molecule is CC(C)(C)OC(=O)N1CCC(NS(=O)(=O)c2cc(O)cc(C(F)(F)F)c2)C1. The molecule has 1 amide bonds. The summed E-state index contributed by atoms with van der Waals surface area (Å²) in [5, 5.41) is 9.44. The molecule has 1 aliphatic rings. The summed E-state index contributed by atoms with van der Waals surface area (Å²) in [6.45, 7) is 5.36. The number of alkyl halides is 3. The third kappa shape index (κ3) is 5.73. The molecule has 2 rings (SSSR count). The van der Waals surface area contributed by atoms with E-state index in [-0.39, 0.29) is 19.5 Å². The van der Waals surface area contributed by atoms with Gasteiger partial charge in [-0.2, -0.15) is 13.2 Å². The quantitative estimate of drug-likeness (QED) is 0.799. The van der Waals surface area contributed by atoms with E-state index in [4.69, 9.17) is 4.74 Å². The van der Waals surface area contributed by atoms with Crippen LogP contribution in [-0.4, -0.2) is 49.2 Å². The van der Waals surface area contributed by atoms with Gasteiger partial charge in [0.15, 0.2) is 0 Å². The van der Waals surface area contributed by atoms with Crippen molar-refractivity contribution in [1.82, 2.24) is 9.62 Å². The number of sulfonamides is 1. The van der Waals surface area contributed by atoms with Crippen molar-refractivity contribution in [2.75, 3.05) is 13.1 Å². The van der Waals surface area contributed by atoms with Crippen molar-refractivity contribution >= 4 is 16.1 Å². The molecule has 0 aromatic heterocycles. The van der Waals surface area contributed by atoms with Gasteiger partial charge >= 0.3 is 12.3 Å². The minimum Gasteiger partial charge on any atom is -0.508 e. The predicted octanol–water partition coefficient (Wildman–Crippen LogP) is 2.70. The lowest BCUT2D eigenvalue weighted by atomic mass is 10.2. The fourth-order valence-corrected chi connectivity index (χ4v) is 3.86. The molecule has 2 N–H and O–H groups in total. The summed E-state index contributed by atoms with van der Waals surface area (Å²) in [4.78, 5) is 12.6. The number of amides is 1. The zero-order valence-corrected chi connectivity index (χ0v) is 15.8. The number of likely N-dealkylation sites (tertiary alicyclic amines) is 1. The van der Waals surface area contributed by atoms with E-state index in [0.29, 0.717) is 12.1 Å². The van der Waals surface area contributed by atoms with Gasteiger partial charge in [0.1, 0.15) is 11.4 Å². The molecule has 1 atom stereocenters. The molecule has 0 bridgehead atoms. The summed E-state index contributed by atoms with van der Waals surface area (Å²) in [6.07, 6.45) is -5.12. The molecule has 0 aliphatic carbocycles. The summed E-state index contributed by atoms with van der Waals surface area (Å²) in [6, 6.07) is 0.943. The summed E-state index contributed by atoms with van der Waals surface area (Å²) >= 11 is 0. The largest absolute Gasteiger partial charge is 0.508 e. The van der Waals surface area contributed by atoms with Crippen LogP contribution >= 0.6 is 0 Å². The van der Waals surface area contributed by atoms with Gasteiger partial charge in [0.25, 0.3) is 0 Å². The lowest BCUT2D eigenvalue weighted by Gasteiger charge is -2.24. The molecule has 7 nitrogen and oxygen atoms in total. The first-order valence-corrected chi connectivity index (χ1v) is 9.57. The monoisotopic (exact) mass is 410 g/mol. The number of nitrogens with one attached hydrogen (secondary N) is 1. The van der Waals surface area contributed by atoms with E-state index < -0.39 is 50.1 Å². The Balaban J connectivity index is 2.12. The first-order chi connectivity index (χ1) is 12.2. The molecule has 152 valence electrons. The maximum absolute atomic E-state index is 12.8. The summed E-state index contributed by atoms with van der Waals surface area (Å²) in [5.41, 5.74) is -1.98. The van der Waals surface area contributed by atoms with Gasteiger partial charge in [0, 0.05) is 19.1 Å². The van der Waals surface area contributed by atoms with Crippen LogP contribution in [0.5, 0.6) is 5.75 Å². The van der Waals surface area contributed by atoms with Gasteiger partial charge in [0.2, 0.25) is 10.0 Å². The van der Waals surface area contributed by atoms with Crippen molar-refractivity contribution in [2.24, 2.45) is 0 Å². The first kappa shape index (κ1) is 21.3. The second-order valence-corrected chi connectivity index (χ2v) is 8.96. The maximum Gasteiger partial charge on any atom is 0.416 e. The van der Waals surface area contributed by atoms with Gasteiger partial charge in [-0.25, -0.2) is 17.9 Å². The molecule has 1 fully saturated rings. The Hall–Kier alpha value is -2.01. The third-order valence-electron chi connectivity index (χ3n) is 3.69. The third-order valence-corrected chi connectivity index (χ3v) is 5.19. The van der Waals surface area contributed by atoms with Crippen molar-refractivity contribution < 1.29 is 36.2 Å². The molecule has 1 heterocycles. The van der Waals surface area contributed by atoms with Gasteiger partial charge in [-0.1, -0.05) is 0 Å². The second kappa shape index (κ2) is 7.19. The number of nitrogens with zero attached hydrogens (tertiary/aromatic N) is 1. The molecule has 0 spiro atoms. The Morgan fingerprint density at radius 2 is 1.89 bits per heavy atom. The van der Waals surface area contributed by atoms with Crippen LogP contribution in [0, 0.1) is 0 Å². The van der Waals surface area contributed by atoms with Crippen LogP contribution in [0.25, 0.3) is 0 Å². The normalized spacial score (nSPS) is 18.6. The lowest BCUT2D eigenvalue weighted by Crippen LogP contribution is -2.40. The number of benzene rings is 1. The number of carbonyl (C=O) groups excluding carboxylic acids is 1. The molecule has 0 saturated carbocycles. The van der Waals surface area contributed by atoms with Crippen LogP contribution < -0.4 is 4.72 Å². The molecule has 1 aromatic carbocycles. The fourth-order valence-electron chi connectivity index (χ4n) is 2.54. The number of rotatable bonds is 3. The summed E-state index contributed by atoms with van der Waals surface area (Å²) in [7, 11) is -4.32. The average Bonchev–Trinajstić information content (AvgIpc) is 2.92. The van der Waals surface area contributed by atoms with Gasteiger partial charge in [-0.3, -0.25) is 0 Å². The average molecular weight is 410 g/mol. The van der Waals surface area contributed by atoms with Crippen LogP contribution in [0.15, 0.2) is 23.1 Å². The second-order valence-electron chi connectivity index (χ2n) is 7.25. The first-order valence-electron chi connectivity index (χ1n) is 8.09. The van der Waals surface area contributed by atoms with Crippen molar-refractivity contribution in [3.63, 3.8) is 0 Å². The van der Waals surface area contributed by atoms with Crippen molar-refractivity contribution in [3.05, 3.63) is 23.8 Å². The van der Waals surface area contributed by atoms with Crippen molar-refractivity contribution in [1.29, 1.82) is 0 Å². The Bertz CT molecular complexity index is 818. The smallest absolute Gasteiger partial charge is 0.416 e. The molecule has 1 saturated heterocycles. The zero-order valence-electron chi connectivity index (χ0n) is 15.0. The number of carbonyl (C=O) groups is 1. The number of phenolic OH excluding ortho intramolecular Hbond substituents is 1.